The van der Waals surface area contributed by atoms with Gasteiger partial charge in [0.05, 0.1) is 0 Å². The van der Waals surface area contributed by atoms with Gasteiger partial charge in [-0.2, -0.15) is 11.8 Å². The lowest BCUT2D eigenvalue weighted by atomic mass is 9.89. The number of nitrogens with one attached hydrogen (secondary N) is 1. The third kappa shape index (κ3) is 6.47. The molecule has 0 spiro atoms. The molecule has 1 aliphatic rings. The van der Waals surface area contributed by atoms with Crippen LogP contribution in [0.5, 0.6) is 0 Å². The van der Waals surface area contributed by atoms with E-state index in [0.29, 0.717) is 6.04 Å². The minimum absolute atomic E-state index is 0.699. The molecular formula is C16H33NS. The van der Waals surface area contributed by atoms with Crippen LogP contribution in [-0.4, -0.2) is 23.6 Å². The zero-order valence-electron chi connectivity index (χ0n) is 12.9. The van der Waals surface area contributed by atoms with Crippen molar-refractivity contribution >= 4 is 11.8 Å². The highest BCUT2D eigenvalue weighted by Crippen LogP contribution is 2.29. The number of thioether (sulfide) groups is 1. The number of hydrogen-bond acceptors (Lipinski definition) is 2. The zero-order valence-corrected chi connectivity index (χ0v) is 13.7. The summed E-state index contributed by atoms with van der Waals surface area (Å²) < 4.78 is 0. The smallest absolute Gasteiger partial charge is 0.00696 e. The second kappa shape index (κ2) is 9.25. The Morgan fingerprint density at radius 1 is 1.11 bits per heavy atom. The van der Waals surface area contributed by atoms with Crippen molar-refractivity contribution in [2.24, 2.45) is 11.8 Å². The van der Waals surface area contributed by atoms with E-state index in [9.17, 15) is 0 Å². The quantitative estimate of drug-likeness (QED) is 0.531. The molecule has 0 aromatic carbocycles. The van der Waals surface area contributed by atoms with Crippen LogP contribution in [0.15, 0.2) is 0 Å². The van der Waals surface area contributed by atoms with Crippen LogP contribution in [0.2, 0.25) is 0 Å². The Bertz CT molecular complexity index is 205. The van der Waals surface area contributed by atoms with Crippen molar-refractivity contribution in [3.05, 3.63) is 0 Å². The standard InChI is InChI=1S/C16H33NS/c1-5-18-12-11-14(4)17-16-8-6-7-15(9-10-16)13(2)3/h13-17H,5-12H2,1-4H3. The Morgan fingerprint density at radius 2 is 1.89 bits per heavy atom. The molecule has 108 valence electrons. The van der Waals surface area contributed by atoms with Crippen LogP contribution >= 0.6 is 11.8 Å². The summed E-state index contributed by atoms with van der Waals surface area (Å²) >= 11 is 2.07. The monoisotopic (exact) mass is 271 g/mol. The molecule has 0 aromatic heterocycles. The van der Waals surface area contributed by atoms with Gasteiger partial charge in [0.2, 0.25) is 0 Å². The first-order valence-electron chi connectivity index (χ1n) is 7.97. The predicted octanol–water partition coefficient (Wildman–Crippen LogP) is 4.71. The fourth-order valence-corrected chi connectivity index (χ4v) is 3.86. The highest BCUT2D eigenvalue weighted by Gasteiger charge is 2.21. The number of rotatable bonds is 7. The van der Waals surface area contributed by atoms with E-state index < -0.39 is 0 Å². The summed E-state index contributed by atoms with van der Waals surface area (Å²) in [5.41, 5.74) is 0. The molecule has 0 bridgehead atoms. The second-order valence-corrected chi connectivity index (χ2v) is 7.66. The predicted molar refractivity (Wildman–Crippen MR) is 85.4 cm³/mol. The van der Waals surface area contributed by atoms with E-state index in [1.165, 1.54) is 50.0 Å². The highest BCUT2D eigenvalue weighted by atomic mass is 32.2. The normalized spacial score (nSPS) is 27.2. The largest absolute Gasteiger partial charge is 0.311 e. The molecule has 0 aromatic rings. The van der Waals surface area contributed by atoms with Crippen molar-refractivity contribution in [1.29, 1.82) is 0 Å². The van der Waals surface area contributed by atoms with Crippen LogP contribution in [0, 0.1) is 11.8 Å². The first-order valence-corrected chi connectivity index (χ1v) is 9.12. The zero-order chi connectivity index (χ0) is 13.4. The lowest BCUT2D eigenvalue weighted by Crippen LogP contribution is -2.36. The van der Waals surface area contributed by atoms with Gasteiger partial charge in [-0.1, -0.05) is 33.6 Å². The Morgan fingerprint density at radius 3 is 2.56 bits per heavy atom. The van der Waals surface area contributed by atoms with Crippen LogP contribution in [0.4, 0.5) is 0 Å². The van der Waals surface area contributed by atoms with E-state index in [2.05, 4.69) is 44.8 Å². The van der Waals surface area contributed by atoms with E-state index in [-0.39, 0.29) is 0 Å². The molecule has 2 heteroatoms. The average molecular weight is 272 g/mol. The Balaban J connectivity index is 2.22. The first kappa shape index (κ1) is 16.4. The molecule has 0 radical (unpaired) electrons. The van der Waals surface area contributed by atoms with Crippen LogP contribution in [0.3, 0.4) is 0 Å². The Kier molecular flexibility index (Phi) is 8.41. The van der Waals surface area contributed by atoms with Gasteiger partial charge in [0.1, 0.15) is 0 Å². The van der Waals surface area contributed by atoms with Crippen molar-refractivity contribution in [2.45, 2.75) is 78.3 Å². The third-order valence-electron chi connectivity index (χ3n) is 4.38. The van der Waals surface area contributed by atoms with Gasteiger partial charge in [-0.3, -0.25) is 0 Å². The number of hydrogen-bond donors (Lipinski definition) is 1. The molecule has 3 unspecified atom stereocenters. The molecule has 1 nitrogen and oxygen atoms in total. The summed E-state index contributed by atoms with van der Waals surface area (Å²) in [5, 5.41) is 3.86. The summed E-state index contributed by atoms with van der Waals surface area (Å²) in [4.78, 5) is 0. The lowest BCUT2D eigenvalue weighted by molar-refractivity contribution is 0.334. The van der Waals surface area contributed by atoms with Crippen LogP contribution in [0.25, 0.3) is 0 Å². The molecular weight excluding hydrogens is 238 g/mol. The van der Waals surface area contributed by atoms with E-state index in [1.807, 2.05) is 0 Å². The molecule has 3 atom stereocenters. The van der Waals surface area contributed by atoms with Gasteiger partial charge in [-0.05, 0) is 55.9 Å². The van der Waals surface area contributed by atoms with E-state index in [1.54, 1.807) is 0 Å². The highest BCUT2D eigenvalue weighted by molar-refractivity contribution is 7.99. The molecule has 0 saturated heterocycles. The third-order valence-corrected chi connectivity index (χ3v) is 5.31. The van der Waals surface area contributed by atoms with E-state index in [4.69, 9.17) is 0 Å². The molecule has 1 rings (SSSR count). The van der Waals surface area contributed by atoms with Gasteiger partial charge in [0.25, 0.3) is 0 Å². The van der Waals surface area contributed by atoms with Crippen LogP contribution < -0.4 is 5.32 Å². The molecule has 0 amide bonds. The van der Waals surface area contributed by atoms with Crippen molar-refractivity contribution in [2.75, 3.05) is 11.5 Å². The average Bonchev–Trinajstić information content (AvgIpc) is 2.55. The Hall–Kier alpha value is 0.310. The van der Waals surface area contributed by atoms with Gasteiger partial charge >= 0.3 is 0 Å². The van der Waals surface area contributed by atoms with Gasteiger partial charge in [0, 0.05) is 12.1 Å². The maximum atomic E-state index is 3.86. The first-order chi connectivity index (χ1) is 8.63. The molecule has 1 aliphatic carbocycles. The van der Waals surface area contributed by atoms with Crippen LogP contribution in [-0.2, 0) is 0 Å². The Labute approximate surface area is 119 Å². The summed E-state index contributed by atoms with van der Waals surface area (Å²) in [6.45, 7) is 9.40. The minimum atomic E-state index is 0.699. The summed E-state index contributed by atoms with van der Waals surface area (Å²) in [5.74, 6) is 4.42. The lowest BCUT2D eigenvalue weighted by Gasteiger charge is -2.22. The summed E-state index contributed by atoms with van der Waals surface area (Å²) in [6.07, 6.45) is 8.43. The van der Waals surface area contributed by atoms with E-state index in [0.717, 1.165) is 17.9 Å². The van der Waals surface area contributed by atoms with Gasteiger partial charge in [0.15, 0.2) is 0 Å². The molecule has 0 aliphatic heterocycles. The molecule has 0 heterocycles. The SMILES string of the molecule is CCSCCC(C)NC1CCCC(C(C)C)CC1. The van der Waals surface area contributed by atoms with Crippen molar-refractivity contribution in [1.82, 2.24) is 5.32 Å². The molecule has 1 fully saturated rings. The maximum Gasteiger partial charge on any atom is 0.00696 e. The summed E-state index contributed by atoms with van der Waals surface area (Å²) in [6, 6.07) is 1.49. The molecule has 1 N–H and O–H groups in total. The van der Waals surface area contributed by atoms with Gasteiger partial charge < -0.3 is 5.32 Å². The van der Waals surface area contributed by atoms with E-state index >= 15 is 0 Å². The second-order valence-electron chi connectivity index (χ2n) is 6.26. The minimum Gasteiger partial charge on any atom is -0.311 e. The molecule has 18 heavy (non-hydrogen) atoms. The maximum absolute atomic E-state index is 3.86. The van der Waals surface area contributed by atoms with Crippen LogP contribution in [0.1, 0.15) is 66.2 Å². The van der Waals surface area contributed by atoms with Crippen molar-refractivity contribution < 1.29 is 0 Å². The van der Waals surface area contributed by atoms with Gasteiger partial charge in [-0.25, -0.2) is 0 Å². The topological polar surface area (TPSA) is 12.0 Å². The van der Waals surface area contributed by atoms with Crippen molar-refractivity contribution in [3.8, 4) is 0 Å². The van der Waals surface area contributed by atoms with Gasteiger partial charge in [-0.15, -0.1) is 0 Å². The fraction of sp³-hybridized carbons (Fsp3) is 1.00. The van der Waals surface area contributed by atoms with Crippen molar-refractivity contribution in [3.63, 3.8) is 0 Å². The molecule has 1 saturated carbocycles. The fourth-order valence-electron chi connectivity index (χ4n) is 3.05. The summed E-state index contributed by atoms with van der Waals surface area (Å²) in [7, 11) is 0.